The summed E-state index contributed by atoms with van der Waals surface area (Å²) in [4.78, 5) is 24.7. The summed E-state index contributed by atoms with van der Waals surface area (Å²) in [6.07, 6.45) is 3.03. The predicted octanol–water partition coefficient (Wildman–Crippen LogP) is 1.63. The largest absolute Gasteiger partial charge is 0.478 e. The van der Waals surface area contributed by atoms with E-state index in [1.165, 1.54) is 29.1 Å². The summed E-state index contributed by atoms with van der Waals surface area (Å²) in [5, 5.41) is 8.88. The van der Waals surface area contributed by atoms with E-state index in [9.17, 15) is 9.59 Å². The fourth-order valence-corrected chi connectivity index (χ4v) is 1.84. The van der Waals surface area contributed by atoms with Gasteiger partial charge in [-0.3, -0.25) is 4.57 Å². The van der Waals surface area contributed by atoms with Crippen molar-refractivity contribution in [2.24, 2.45) is 0 Å². The number of nitrogens with one attached hydrogen (secondary N) is 1. The van der Waals surface area contributed by atoms with Crippen LogP contribution in [0.2, 0.25) is 0 Å². The summed E-state index contributed by atoms with van der Waals surface area (Å²) < 4.78 is 1.94. The molecule has 0 radical (unpaired) electrons. The molecular formula is C10H7BrN2O3. The van der Waals surface area contributed by atoms with Gasteiger partial charge in [0.05, 0.1) is 11.3 Å². The lowest BCUT2D eigenvalue weighted by Gasteiger charge is -2.03. The first-order valence-corrected chi connectivity index (χ1v) is 5.17. The quantitative estimate of drug-likeness (QED) is 0.879. The van der Waals surface area contributed by atoms with Gasteiger partial charge in [-0.1, -0.05) is 15.9 Å². The van der Waals surface area contributed by atoms with Crippen LogP contribution in [0.1, 0.15) is 10.4 Å². The molecule has 16 heavy (non-hydrogen) atoms. The maximum atomic E-state index is 11.4. The molecule has 5 nitrogen and oxygen atoms in total. The zero-order valence-electron chi connectivity index (χ0n) is 7.98. The molecular weight excluding hydrogens is 276 g/mol. The number of hydrogen-bond donors (Lipinski definition) is 2. The van der Waals surface area contributed by atoms with Crippen LogP contribution in [-0.2, 0) is 0 Å². The van der Waals surface area contributed by atoms with Crippen molar-refractivity contribution in [3.05, 3.63) is 51.1 Å². The van der Waals surface area contributed by atoms with E-state index in [4.69, 9.17) is 5.11 Å². The van der Waals surface area contributed by atoms with Crippen LogP contribution in [-0.4, -0.2) is 20.6 Å². The van der Waals surface area contributed by atoms with Gasteiger partial charge in [-0.15, -0.1) is 0 Å². The van der Waals surface area contributed by atoms with Crippen molar-refractivity contribution in [3.63, 3.8) is 0 Å². The minimum Gasteiger partial charge on any atom is -0.478 e. The van der Waals surface area contributed by atoms with E-state index in [0.717, 1.165) is 0 Å². The molecule has 1 aromatic carbocycles. The molecule has 2 aromatic rings. The maximum Gasteiger partial charge on any atom is 0.335 e. The Labute approximate surface area is 98.5 Å². The van der Waals surface area contributed by atoms with Crippen molar-refractivity contribution in [1.29, 1.82) is 0 Å². The monoisotopic (exact) mass is 282 g/mol. The topological polar surface area (TPSA) is 75.1 Å². The molecule has 6 heteroatoms. The zero-order valence-corrected chi connectivity index (χ0v) is 9.56. The maximum absolute atomic E-state index is 11.4. The molecule has 0 aliphatic heterocycles. The summed E-state index contributed by atoms with van der Waals surface area (Å²) in [6.45, 7) is 0. The molecule has 0 amide bonds. The van der Waals surface area contributed by atoms with Crippen LogP contribution in [0.5, 0.6) is 0 Å². The van der Waals surface area contributed by atoms with Gasteiger partial charge in [0.25, 0.3) is 0 Å². The highest BCUT2D eigenvalue weighted by Gasteiger charge is 2.08. The standard InChI is InChI=1S/C10H7BrN2O3/c11-7-3-6(9(14)15)4-8(5-7)13-2-1-12-10(13)16/h1-5H,(H,12,16)(H,14,15). The lowest BCUT2D eigenvalue weighted by Crippen LogP contribution is -2.14. The van der Waals surface area contributed by atoms with E-state index in [1.54, 1.807) is 6.07 Å². The zero-order chi connectivity index (χ0) is 11.7. The first-order chi connectivity index (χ1) is 7.58. The number of nitrogens with zero attached hydrogens (tertiary/aromatic N) is 1. The highest BCUT2D eigenvalue weighted by Crippen LogP contribution is 2.18. The molecule has 0 saturated heterocycles. The number of aromatic nitrogens is 2. The Morgan fingerprint density at radius 2 is 2.12 bits per heavy atom. The number of benzene rings is 1. The van der Waals surface area contributed by atoms with Crippen molar-refractivity contribution in [1.82, 2.24) is 9.55 Å². The summed E-state index contributed by atoms with van der Waals surface area (Å²) in [6, 6.07) is 4.58. The van der Waals surface area contributed by atoms with Gasteiger partial charge >= 0.3 is 11.7 Å². The number of carbonyl (C=O) groups is 1. The number of aromatic amines is 1. The number of hydrogen-bond acceptors (Lipinski definition) is 2. The van der Waals surface area contributed by atoms with Crippen LogP contribution < -0.4 is 5.69 Å². The van der Waals surface area contributed by atoms with Gasteiger partial charge in [-0.2, -0.15) is 0 Å². The summed E-state index contributed by atoms with van der Waals surface area (Å²) >= 11 is 3.20. The molecule has 2 N–H and O–H groups in total. The first-order valence-electron chi connectivity index (χ1n) is 4.38. The Bertz CT molecular complexity index is 600. The second kappa shape index (κ2) is 3.97. The molecule has 0 fully saturated rings. The normalized spacial score (nSPS) is 10.3. The van der Waals surface area contributed by atoms with E-state index in [-0.39, 0.29) is 11.3 Å². The van der Waals surface area contributed by atoms with Gasteiger partial charge < -0.3 is 10.1 Å². The van der Waals surface area contributed by atoms with Gasteiger partial charge in [-0.25, -0.2) is 9.59 Å². The fourth-order valence-electron chi connectivity index (χ4n) is 1.36. The molecule has 0 unspecified atom stereocenters. The number of aromatic carboxylic acids is 1. The second-order valence-corrected chi connectivity index (χ2v) is 4.05. The SMILES string of the molecule is O=C(O)c1cc(Br)cc(-n2cc[nH]c2=O)c1. The first kappa shape index (κ1) is 10.7. The van der Waals surface area contributed by atoms with Gasteiger partial charge in [0.2, 0.25) is 0 Å². The third-order valence-electron chi connectivity index (χ3n) is 2.06. The van der Waals surface area contributed by atoms with Crippen molar-refractivity contribution in [2.45, 2.75) is 0 Å². The van der Waals surface area contributed by atoms with Crippen LogP contribution in [0.4, 0.5) is 0 Å². The molecule has 1 aromatic heterocycles. The highest BCUT2D eigenvalue weighted by molar-refractivity contribution is 9.10. The van der Waals surface area contributed by atoms with Crippen LogP contribution in [0.3, 0.4) is 0 Å². The minimum absolute atomic E-state index is 0.123. The predicted molar refractivity (Wildman–Crippen MR) is 61.0 cm³/mol. The van der Waals surface area contributed by atoms with Gasteiger partial charge in [0.15, 0.2) is 0 Å². The smallest absolute Gasteiger partial charge is 0.335 e. The lowest BCUT2D eigenvalue weighted by atomic mass is 10.2. The van der Waals surface area contributed by atoms with Crippen LogP contribution in [0.25, 0.3) is 5.69 Å². The Morgan fingerprint density at radius 1 is 1.38 bits per heavy atom. The number of carboxylic acids is 1. The molecule has 0 aliphatic carbocycles. The van der Waals surface area contributed by atoms with Crippen molar-refractivity contribution in [3.8, 4) is 5.69 Å². The second-order valence-electron chi connectivity index (χ2n) is 3.14. The van der Waals surface area contributed by atoms with Crippen LogP contribution >= 0.6 is 15.9 Å². The Kier molecular flexibility index (Phi) is 2.66. The summed E-state index contributed by atoms with van der Waals surface area (Å²) in [7, 11) is 0. The fraction of sp³-hybridized carbons (Fsp3) is 0. The Morgan fingerprint density at radius 3 is 2.69 bits per heavy atom. The average Bonchev–Trinajstić information content (AvgIpc) is 2.63. The third-order valence-corrected chi connectivity index (χ3v) is 2.51. The number of rotatable bonds is 2. The molecule has 0 aliphatic rings. The van der Waals surface area contributed by atoms with Gasteiger partial charge in [0.1, 0.15) is 0 Å². The van der Waals surface area contributed by atoms with E-state index < -0.39 is 5.97 Å². The van der Waals surface area contributed by atoms with Gasteiger partial charge in [-0.05, 0) is 18.2 Å². The van der Waals surface area contributed by atoms with Crippen molar-refractivity contribution < 1.29 is 9.90 Å². The van der Waals surface area contributed by atoms with E-state index in [0.29, 0.717) is 10.2 Å². The highest BCUT2D eigenvalue weighted by atomic mass is 79.9. The molecule has 0 spiro atoms. The van der Waals surface area contributed by atoms with Crippen LogP contribution in [0, 0.1) is 0 Å². The number of imidazole rings is 1. The molecule has 0 saturated carbocycles. The number of halogens is 1. The number of carboxylic acid groups (broad SMARTS) is 1. The van der Waals surface area contributed by atoms with Crippen molar-refractivity contribution >= 4 is 21.9 Å². The third kappa shape index (κ3) is 1.92. The minimum atomic E-state index is -1.04. The number of H-pyrrole nitrogens is 1. The van der Waals surface area contributed by atoms with E-state index in [1.807, 2.05) is 0 Å². The van der Waals surface area contributed by atoms with Crippen molar-refractivity contribution in [2.75, 3.05) is 0 Å². The lowest BCUT2D eigenvalue weighted by molar-refractivity contribution is 0.0697. The van der Waals surface area contributed by atoms with Crippen LogP contribution in [0.15, 0.2) is 39.9 Å². The Balaban J connectivity index is 2.62. The summed E-state index contributed by atoms with van der Waals surface area (Å²) in [5.74, 6) is -1.04. The van der Waals surface area contributed by atoms with E-state index >= 15 is 0 Å². The molecule has 2 rings (SSSR count). The van der Waals surface area contributed by atoms with Gasteiger partial charge in [0, 0.05) is 16.9 Å². The molecule has 0 atom stereocenters. The van der Waals surface area contributed by atoms with E-state index in [2.05, 4.69) is 20.9 Å². The average molecular weight is 283 g/mol. The summed E-state index contributed by atoms with van der Waals surface area (Å²) in [5.41, 5.74) is 0.310. The molecule has 1 heterocycles. The Hall–Kier alpha value is -1.82. The molecule has 82 valence electrons. The molecule has 0 bridgehead atoms.